The zero-order valence-corrected chi connectivity index (χ0v) is 12.2. The molecule has 0 N–H and O–H groups in total. The van der Waals surface area contributed by atoms with Gasteiger partial charge in [-0.3, -0.25) is 14.5 Å². The first-order valence-electron chi connectivity index (χ1n) is 6.55. The SMILES string of the molecule is CCCN(CC(=O)OCC)CC(=O)N(C)C(C)C. The molecule has 0 spiro atoms. The summed E-state index contributed by atoms with van der Waals surface area (Å²) in [6, 6.07) is 0.170. The molecule has 0 aliphatic rings. The van der Waals surface area contributed by atoms with Gasteiger partial charge in [0.1, 0.15) is 0 Å². The summed E-state index contributed by atoms with van der Waals surface area (Å²) in [7, 11) is 1.78. The van der Waals surface area contributed by atoms with E-state index in [0.29, 0.717) is 6.61 Å². The fourth-order valence-electron chi connectivity index (χ4n) is 1.51. The molecule has 5 nitrogen and oxygen atoms in total. The van der Waals surface area contributed by atoms with Crippen molar-refractivity contribution in [3.05, 3.63) is 0 Å². The monoisotopic (exact) mass is 258 g/mol. The van der Waals surface area contributed by atoms with Gasteiger partial charge in [0.25, 0.3) is 0 Å². The van der Waals surface area contributed by atoms with E-state index >= 15 is 0 Å². The van der Waals surface area contributed by atoms with Crippen LogP contribution in [0.1, 0.15) is 34.1 Å². The van der Waals surface area contributed by atoms with E-state index in [0.717, 1.165) is 13.0 Å². The molecule has 0 fully saturated rings. The quantitative estimate of drug-likeness (QED) is 0.612. The van der Waals surface area contributed by atoms with Crippen LogP contribution in [0.15, 0.2) is 0 Å². The number of ether oxygens (including phenoxy) is 1. The first kappa shape index (κ1) is 16.9. The predicted molar refractivity (Wildman–Crippen MR) is 71.3 cm³/mol. The predicted octanol–water partition coefficient (Wildman–Crippen LogP) is 1.13. The Morgan fingerprint density at radius 3 is 2.22 bits per heavy atom. The highest BCUT2D eigenvalue weighted by Gasteiger charge is 2.18. The average molecular weight is 258 g/mol. The van der Waals surface area contributed by atoms with Crippen molar-refractivity contribution in [2.24, 2.45) is 0 Å². The second-order valence-corrected chi connectivity index (χ2v) is 4.61. The standard InChI is InChI=1S/C13H26N2O3/c1-6-8-15(10-13(17)18-7-2)9-12(16)14(5)11(3)4/h11H,6-10H2,1-5H3. The summed E-state index contributed by atoms with van der Waals surface area (Å²) in [5.74, 6) is -0.242. The van der Waals surface area contributed by atoms with Crippen LogP contribution in [-0.4, -0.2) is 61.0 Å². The maximum Gasteiger partial charge on any atom is 0.320 e. The fourth-order valence-corrected chi connectivity index (χ4v) is 1.51. The van der Waals surface area contributed by atoms with Gasteiger partial charge in [0.2, 0.25) is 5.91 Å². The lowest BCUT2D eigenvalue weighted by molar-refractivity contribution is -0.145. The van der Waals surface area contributed by atoms with Crippen molar-refractivity contribution in [3.8, 4) is 0 Å². The first-order valence-corrected chi connectivity index (χ1v) is 6.55. The number of rotatable bonds is 8. The van der Waals surface area contributed by atoms with E-state index in [1.165, 1.54) is 0 Å². The molecule has 0 aromatic rings. The summed E-state index contributed by atoms with van der Waals surface area (Å²) in [6.07, 6.45) is 0.901. The van der Waals surface area contributed by atoms with Gasteiger partial charge in [-0.25, -0.2) is 0 Å². The van der Waals surface area contributed by atoms with E-state index in [1.807, 2.05) is 25.7 Å². The van der Waals surface area contributed by atoms with Crippen LogP contribution in [0.2, 0.25) is 0 Å². The van der Waals surface area contributed by atoms with E-state index in [2.05, 4.69) is 0 Å². The Morgan fingerprint density at radius 1 is 1.17 bits per heavy atom. The van der Waals surface area contributed by atoms with Gasteiger partial charge >= 0.3 is 5.97 Å². The third-order valence-corrected chi connectivity index (χ3v) is 2.72. The van der Waals surface area contributed by atoms with Crippen LogP contribution < -0.4 is 0 Å². The Kier molecular flexibility index (Phi) is 8.37. The molecule has 0 atom stereocenters. The highest BCUT2D eigenvalue weighted by molar-refractivity contribution is 5.79. The van der Waals surface area contributed by atoms with Crippen molar-refractivity contribution >= 4 is 11.9 Å². The highest BCUT2D eigenvalue weighted by atomic mass is 16.5. The zero-order valence-electron chi connectivity index (χ0n) is 12.2. The van der Waals surface area contributed by atoms with Crippen molar-refractivity contribution < 1.29 is 14.3 Å². The molecular formula is C13H26N2O3. The van der Waals surface area contributed by atoms with Gasteiger partial charge in [-0.1, -0.05) is 6.92 Å². The summed E-state index contributed by atoms with van der Waals surface area (Å²) in [6.45, 7) is 9.27. The molecule has 0 saturated heterocycles. The van der Waals surface area contributed by atoms with Crippen molar-refractivity contribution in [1.82, 2.24) is 9.80 Å². The number of carbonyl (C=O) groups excluding carboxylic acids is 2. The molecule has 0 radical (unpaired) electrons. The van der Waals surface area contributed by atoms with Gasteiger partial charge in [-0.2, -0.15) is 0 Å². The minimum Gasteiger partial charge on any atom is -0.465 e. The lowest BCUT2D eigenvalue weighted by Gasteiger charge is -2.26. The first-order chi connectivity index (χ1) is 8.42. The van der Waals surface area contributed by atoms with E-state index < -0.39 is 0 Å². The molecule has 18 heavy (non-hydrogen) atoms. The van der Waals surface area contributed by atoms with Gasteiger partial charge in [-0.15, -0.1) is 0 Å². The van der Waals surface area contributed by atoms with Crippen LogP contribution in [0, 0.1) is 0 Å². The molecule has 0 saturated carbocycles. The third-order valence-electron chi connectivity index (χ3n) is 2.72. The molecule has 0 aliphatic heterocycles. The minimum absolute atomic E-state index is 0.0303. The number of hydrogen-bond acceptors (Lipinski definition) is 4. The van der Waals surface area contributed by atoms with E-state index in [1.54, 1.807) is 18.9 Å². The summed E-state index contributed by atoms with van der Waals surface area (Å²) in [4.78, 5) is 26.9. The topological polar surface area (TPSA) is 49.9 Å². The largest absolute Gasteiger partial charge is 0.465 e. The van der Waals surface area contributed by atoms with Crippen LogP contribution >= 0.6 is 0 Å². The van der Waals surface area contributed by atoms with E-state index in [9.17, 15) is 9.59 Å². The number of carbonyl (C=O) groups is 2. The number of nitrogens with zero attached hydrogens (tertiary/aromatic N) is 2. The Morgan fingerprint density at radius 2 is 1.78 bits per heavy atom. The molecule has 0 aliphatic carbocycles. The van der Waals surface area contributed by atoms with Gasteiger partial charge in [0.15, 0.2) is 0 Å². The van der Waals surface area contributed by atoms with Crippen molar-refractivity contribution in [2.75, 3.05) is 33.3 Å². The number of amides is 1. The number of esters is 1. The van der Waals surface area contributed by atoms with Crippen LogP contribution in [0.3, 0.4) is 0 Å². The highest BCUT2D eigenvalue weighted by Crippen LogP contribution is 1.99. The summed E-state index contributed by atoms with van der Waals surface area (Å²) < 4.78 is 4.90. The lowest BCUT2D eigenvalue weighted by atomic mass is 10.3. The zero-order chi connectivity index (χ0) is 14.1. The van der Waals surface area contributed by atoms with Gasteiger partial charge < -0.3 is 9.64 Å². The fraction of sp³-hybridized carbons (Fsp3) is 0.846. The van der Waals surface area contributed by atoms with Crippen LogP contribution in [0.25, 0.3) is 0 Å². The maximum atomic E-state index is 11.9. The van der Waals surface area contributed by atoms with Crippen LogP contribution in [0.4, 0.5) is 0 Å². The van der Waals surface area contributed by atoms with Crippen LogP contribution in [0.5, 0.6) is 0 Å². The average Bonchev–Trinajstić information content (AvgIpc) is 2.28. The van der Waals surface area contributed by atoms with Gasteiger partial charge in [0, 0.05) is 13.1 Å². The number of likely N-dealkylation sites (N-methyl/N-ethyl adjacent to an activating group) is 1. The summed E-state index contributed by atoms with van der Waals surface area (Å²) >= 11 is 0. The summed E-state index contributed by atoms with van der Waals surface area (Å²) in [5.41, 5.74) is 0. The van der Waals surface area contributed by atoms with Crippen molar-refractivity contribution in [3.63, 3.8) is 0 Å². The molecule has 106 valence electrons. The minimum atomic E-state index is -0.272. The molecule has 0 aromatic carbocycles. The van der Waals surface area contributed by atoms with E-state index in [4.69, 9.17) is 4.74 Å². The molecule has 0 heterocycles. The van der Waals surface area contributed by atoms with Crippen molar-refractivity contribution in [1.29, 1.82) is 0 Å². The molecule has 1 amide bonds. The maximum absolute atomic E-state index is 11.9. The third kappa shape index (κ3) is 6.59. The van der Waals surface area contributed by atoms with E-state index in [-0.39, 0.29) is 31.0 Å². The second kappa shape index (κ2) is 8.91. The summed E-state index contributed by atoms with van der Waals surface area (Å²) in [5, 5.41) is 0. The van der Waals surface area contributed by atoms with Crippen LogP contribution in [-0.2, 0) is 14.3 Å². The molecular weight excluding hydrogens is 232 g/mol. The smallest absolute Gasteiger partial charge is 0.320 e. The molecule has 0 unspecified atom stereocenters. The molecule has 0 aromatic heterocycles. The molecule has 0 rings (SSSR count). The normalized spacial score (nSPS) is 10.8. The lowest BCUT2D eigenvalue weighted by Crippen LogP contribution is -2.43. The Balaban J connectivity index is 4.34. The van der Waals surface area contributed by atoms with Gasteiger partial charge in [0.05, 0.1) is 19.7 Å². The van der Waals surface area contributed by atoms with Crippen molar-refractivity contribution in [2.45, 2.75) is 40.2 Å². The Bertz CT molecular complexity index is 267. The number of hydrogen-bond donors (Lipinski definition) is 0. The Hall–Kier alpha value is -1.10. The second-order valence-electron chi connectivity index (χ2n) is 4.61. The molecule has 0 bridgehead atoms. The van der Waals surface area contributed by atoms with Gasteiger partial charge in [-0.05, 0) is 33.7 Å². The molecule has 5 heteroatoms. The Labute approximate surface area is 110 Å².